The largest absolute Gasteiger partial charge is 0.397 e. The first-order chi connectivity index (χ1) is 4.74. The molecule has 0 spiro atoms. The zero-order chi connectivity index (χ0) is 7.56. The molecule has 3 nitrogen and oxygen atoms in total. The summed E-state index contributed by atoms with van der Waals surface area (Å²) in [6, 6.07) is 3.36. The van der Waals surface area contributed by atoms with Gasteiger partial charge < -0.3 is 11.5 Å². The maximum absolute atomic E-state index is 5.51. The second kappa shape index (κ2) is 2.39. The van der Waals surface area contributed by atoms with Crippen LogP contribution in [-0.2, 0) is 0 Å². The lowest BCUT2D eigenvalue weighted by Gasteiger charge is -1.98. The normalized spacial score (nSPS) is 9.20. The molecule has 0 atom stereocenters. The lowest BCUT2D eigenvalue weighted by Crippen LogP contribution is -1.96. The van der Waals surface area contributed by atoms with Gasteiger partial charge in [0.05, 0.1) is 11.4 Å². The number of hydrogen-bond acceptors (Lipinski definition) is 3. The molecule has 0 saturated carbocycles. The second-order valence-corrected chi connectivity index (χ2v) is 1.91. The van der Waals surface area contributed by atoms with Crippen molar-refractivity contribution in [2.75, 3.05) is 11.5 Å². The Bertz CT molecular complexity index is 255. The highest BCUT2D eigenvalue weighted by molar-refractivity contribution is 5.61. The minimum Gasteiger partial charge on any atom is -0.397 e. The molecule has 0 unspecified atom stereocenters. The number of nitrogens with two attached hydrogens (primary N) is 2. The summed E-state index contributed by atoms with van der Waals surface area (Å²) in [5.74, 6) is 0.462. The van der Waals surface area contributed by atoms with E-state index in [-0.39, 0.29) is 0 Å². The molecule has 0 aliphatic heterocycles. The Hall–Kier alpha value is -1.51. The van der Waals surface area contributed by atoms with E-state index in [1.54, 1.807) is 18.2 Å². The molecule has 52 valence electrons. The van der Waals surface area contributed by atoms with Gasteiger partial charge in [-0.1, -0.05) is 6.58 Å². The maximum Gasteiger partial charge on any atom is 0.124 e. The molecule has 0 aliphatic rings. The molecule has 0 aromatic carbocycles. The van der Waals surface area contributed by atoms with Crippen LogP contribution in [0.3, 0.4) is 0 Å². The third-order valence-corrected chi connectivity index (χ3v) is 1.17. The van der Waals surface area contributed by atoms with Crippen molar-refractivity contribution in [1.29, 1.82) is 0 Å². The van der Waals surface area contributed by atoms with Gasteiger partial charge >= 0.3 is 0 Å². The van der Waals surface area contributed by atoms with Crippen LogP contribution in [0.1, 0.15) is 5.69 Å². The van der Waals surface area contributed by atoms with Crippen molar-refractivity contribution < 1.29 is 0 Å². The highest BCUT2D eigenvalue weighted by Crippen LogP contribution is 2.11. The fourth-order valence-corrected chi connectivity index (χ4v) is 0.665. The first-order valence-electron chi connectivity index (χ1n) is 2.88. The number of hydrogen-bond donors (Lipinski definition) is 2. The molecule has 0 fully saturated rings. The zero-order valence-corrected chi connectivity index (χ0v) is 5.54. The Balaban J connectivity index is 3.21. The predicted molar refractivity (Wildman–Crippen MR) is 43.2 cm³/mol. The number of anilines is 2. The van der Waals surface area contributed by atoms with Crippen molar-refractivity contribution >= 4 is 17.6 Å². The summed E-state index contributed by atoms with van der Waals surface area (Å²) in [6.07, 6.45) is 1.58. The third kappa shape index (κ3) is 1.07. The minimum absolute atomic E-state index is 0.462. The van der Waals surface area contributed by atoms with Gasteiger partial charge in [0.15, 0.2) is 0 Å². The lowest BCUT2D eigenvalue weighted by atomic mass is 10.3. The van der Waals surface area contributed by atoms with Crippen molar-refractivity contribution in [1.82, 2.24) is 4.98 Å². The molecule has 1 aromatic rings. The van der Waals surface area contributed by atoms with Crippen LogP contribution in [0.4, 0.5) is 11.5 Å². The third-order valence-electron chi connectivity index (χ3n) is 1.17. The van der Waals surface area contributed by atoms with Gasteiger partial charge in [-0.15, -0.1) is 0 Å². The van der Waals surface area contributed by atoms with Gasteiger partial charge in [0.2, 0.25) is 0 Å². The Kier molecular flexibility index (Phi) is 1.58. The Morgan fingerprint density at radius 1 is 1.40 bits per heavy atom. The molecular weight excluding hydrogens is 126 g/mol. The van der Waals surface area contributed by atoms with Crippen LogP contribution in [-0.4, -0.2) is 4.98 Å². The zero-order valence-electron chi connectivity index (χ0n) is 5.54. The number of nitrogen functional groups attached to an aromatic ring is 2. The molecule has 0 saturated heterocycles. The average Bonchev–Trinajstić information content (AvgIpc) is 1.94. The van der Waals surface area contributed by atoms with Crippen molar-refractivity contribution in [2.24, 2.45) is 0 Å². The van der Waals surface area contributed by atoms with E-state index < -0.39 is 0 Å². The van der Waals surface area contributed by atoms with Crippen LogP contribution in [0, 0.1) is 0 Å². The van der Waals surface area contributed by atoms with Gasteiger partial charge in [-0.05, 0) is 18.2 Å². The first-order valence-corrected chi connectivity index (χ1v) is 2.88. The lowest BCUT2D eigenvalue weighted by molar-refractivity contribution is 1.31. The maximum atomic E-state index is 5.51. The molecule has 0 radical (unpaired) electrons. The highest BCUT2D eigenvalue weighted by Gasteiger charge is 1.94. The molecule has 10 heavy (non-hydrogen) atoms. The van der Waals surface area contributed by atoms with E-state index in [9.17, 15) is 0 Å². The Morgan fingerprint density at radius 2 is 2.10 bits per heavy atom. The van der Waals surface area contributed by atoms with Crippen LogP contribution >= 0.6 is 0 Å². The molecule has 0 bridgehead atoms. The van der Waals surface area contributed by atoms with E-state index in [4.69, 9.17) is 11.5 Å². The summed E-state index contributed by atoms with van der Waals surface area (Å²) in [7, 11) is 0. The van der Waals surface area contributed by atoms with Crippen molar-refractivity contribution in [3.05, 3.63) is 24.4 Å². The summed E-state index contributed by atoms with van der Waals surface area (Å²) in [4.78, 5) is 3.93. The first kappa shape index (κ1) is 6.61. The molecule has 4 N–H and O–H groups in total. The number of nitrogens with zero attached hydrogens (tertiary/aromatic N) is 1. The fraction of sp³-hybridized carbons (Fsp3) is 0. The number of pyridine rings is 1. The van der Waals surface area contributed by atoms with Gasteiger partial charge in [-0.25, -0.2) is 4.98 Å². The van der Waals surface area contributed by atoms with Crippen molar-refractivity contribution in [3.8, 4) is 0 Å². The molecule has 0 aliphatic carbocycles. The molecule has 1 aromatic heterocycles. The topological polar surface area (TPSA) is 64.9 Å². The summed E-state index contributed by atoms with van der Waals surface area (Å²) < 4.78 is 0. The van der Waals surface area contributed by atoms with Gasteiger partial charge in [0.1, 0.15) is 5.82 Å². The smallest absolute Gasteiger partial charge is 0.124 e. The van der Waals surface area contributed by atoms with Gasteiger partial charge in [-0.2, -0.15) is 0 Å². The summed E-state index contributed by atoms with van der Waals surface area (Å²) in [5.41, 5.74) is 12.1. The van der Waals surface area contributed by atoms with Crippen LogP contribution in [0.25, 0.3) is 6.08 Å². The quantitative estimate of drug-likeness (QED) is 0.601. The Morgan fingerprint density at radius 3 is 2.60 bits per heavy atom. The molecule has 1 rings (SSSR count). The molecule has 0 amide bonds. The van der Waals surface area contributed by atoms with E-state index in [0.29, 0.717) is 17.2 Å². The number of rotatable bonds is 1. The van der Waals surface area contributed by atoms with E-state index >= 15 is 0 Å². The second-order valence-electron chi connectivity index (χ2n) is 1.91. The predicted octanol–water partition coefficient (Wildman–Crippen LogP) is 0.889. The van der Waals surface area contributed by atoms with Crippen LogP contribution in [0.2, 0.25) is 0 Å². The monoisotopic (exact) mass is 135 g/mol. The fourth-order valence-electron chi connectivity index (χ4n) is 0.665. The SMILES string of the molecule is C=Cc1nc(N)ccc1N. The summed E-state index contributed by atoms with van der Waals surface area (Å²) >= 11 is 0. The standard InChI is InChI=1S/C7H9N3/c1-2-6-5(8)3-4-7(9)10-6/h2-4H,1,8H2,(H2,9,10). The van der Waals surface area contributed by atoms with E-state index in [1.165, 1.54) is 0 Å². The van der Waals surface area contributed by atoms with Gasteiger partial charge in [-0.3, -0.25) is 0 Å². The van der Waals surface area contributed by atoms with Crippen LogP contribution in [0.15, 0.2) is 18.7 Å². The summed E-state index contributed by atoms with van der Waals surface area (Å²) in [6.45, 7) is 3.53. The van der Waals surface area contributed by atoms with Crippen LogP contribution < -0.4 is 11.5 Å². The van der Waals surface area contributed by atoms with E-state index in [0.717, 1.165) is 0 Å². The van der Waals surface area contributed by atoms with E-state index in [1.807, 2.05) is 0 Å². The Labute approximate surface area is 59.4 Å². The molecule has 3 heteroatoms. The molecule has 1 heterocycles. The average molecular weight is 135 g/mol. The van der Waals surface area contributed by atoms with Gasteiger partial charge in [0, 0.05) is 0 Å². The van der Waals surface area contributed by atoms with Gasteiger partial charge in [0.25, 0.3) is 0 Å². The minimum atomic E-state index is 0.462. The summed E-state index contributed by atoms with van der Waals surface area (Å²) in [5, 5.41) is 0. The van der Waals surface area contributed by atoms with Crippen molar-refractivity contribution in [2.45, 2.75) is 0 Å². The van der Waals surface area contributed by atoms with Crippen LogP contribution in [0.5, 0.6) is 0 Å². The van der Waals surface area contributed by atoms with E-state index in [2.05, 4.69) is 11.6 Å². The highest BCUT2D eigenvalue weighted by atomic mass is 14.9. The number of aromatic nitrogens is 1. The van der Waals surface area contributed by atoms with Crippen molar-refractivity contribution in [3.63, 3.8) is 0 Å². The molecular formula is C7H9N3.